The van der Waals surface area contributed by atoms with E-state index in [1.807, 2.05) is 22.6 Å². The third-order valence-corrected chi connectivity index (χ3v) is 5.08. The Morgan fingerprint density at radius 1 is 1.44 bits per heavy atom. The average molecular weight is 385 g/mol. The van der Waals surface area contributed by atoms with Gasteiger partial charge < -0.3 is 10.2 Å². The van der Waals surface area contributed by atoms with E-state index in [2.05, 4.69) is 0 Å². The van der Waals surface area contributed by atoms with E-state index in [0.717, 1.165) is 10.4 Å². The summed E-state index contributed by atoms with van der Waals surface area (Å²) in [6.07, 6.45) is 0. The Balaban J connectivity index is 3.26. The van der Waals surface area contributed by atoms with Crippen molar-refractivity contribution < 1.29 is 23.4 Å². The van der Waals surface area contributed by atoms with Crippen LogP contribution in [0.4, 0.5) is 0 Å². The lowest BCUT2D eigenvalue weighted by atomic mass is 10.2. The molecule has 0 aromatic heterocycles. The molecule has 1 aromatic rings. The van der Waals surface area contributed by atoms with Crippen molar-refractivity contribution in [2.45, 2.75) is 4.90 Å². The second kappa shape index (κ2) is 5.95. The molecule has 6 nitrogen and oxygen atoms in total. The zero-order valence-corrected chi connectivity index (χ0v) is 12.5. The maximum atomic E-state index is 12.0. The molecule has 2 N–H and O–H groups in total. The molecule has 0 fully saturated rings. The Labute approximate surface area is 118 Å². The molecule has 1 rings (SSSR count). The number of sulfonamides is 1. The number of aliphatic hydroxyl groups excluding tert-OH is 1. The highest BCUT2D eigenvalue weighted by molar-refractivity contribution is 14.1. The van der Waals surface area contributed by atoms with Crippen molar-refractivity contribution >= 4 is 38.6 Å². The Morgan fingerprint density at radius 2 is 2.06 bits per heavy atom. The fourth-order valence-electron chi connectivity index (χ4n) is 1.27. The Bertz CT molecular complexity index is 557. The van der Waals surface area contributed by atoms with E-state index in [4.69, 9.17) is 10.2 Å². The lowest BCUT2D eigenvalue weighted by Crippen LogP contribution is -2.29. The molecule has 0 saturated carbocycles. The van der Waals surface area contributed by atoms with Crippen molar-refractivity contribution in [3.05, 3.63) is 27.3 Å². The molecule has 0 amide bonds. The highest BCUT2D eigenvalue weighted by Crippen LogP contribution is 2.20. The normalized spacial score (nSPS) is 11.8. The minimum atomic E-state index is -3.77. The maximum Gasteiger partial charge on any atom is 0.336 e. The topological polar surface area (TPSA) is 94.9 Å². The number of rotatable bonds is 5. The molecule has 0 saturated heterocycles. The van der Waals surface area contributed by atoms with Gasteiger partial charge in [0.25, 0.3) is 0 Å². The fourth-order valence-corrected chi connectivity index (χ4v) is 3.02. The summed E-state index contributed by atoms with van der Waals surface area (Å²) in [4.78, 5) is 10.8. The molecule has 0 atom stereocenters. The van der Waals surface area contributed by atoms with Crippen molar-refractivity contribution in [1.82, 2.24) is 4.31 Å². The number of benzene rings is 1. The zero-order chi connectivity index (χ0) is 13.9. The van der Waals surface area contributed by atoms with E-state index in [9.17, 15) is 13.2 Å². The molecular weight excluding hydrogens is 373 g/mol. The van der Waals surface area contributed by atoms with Crippen LogP contribution in [-0.2, 0) is 10.0 Å². The summed E-state index contributed by atoms with van der Waals surface area (Å²) in [5.74, 6) is -1.18. The SMILES string of the molecule is CN(CCO)S(=O)(=O)c1ccc(I)c(C(=O)O)c1. The molecule has 0 bridgehead atoms. The van der Waals surface area contributed by atoms with Crippen molar-refractivity contribution in [3.8, 4) is 0 Å². The van der Waals surface area contributed by atoms with Crippen molar-refractivity contribution in [3.63, 3.8) is 0 Å². The minimum Gasteiger partial charge on any atom is -0.478 e. The number of aliphatic hydroxyl groups is 1. The van der Waals surface area contributed by atoms with Crippen LogP contribution in [0.3, 0.4) is 0 Å². The van der Waals surface area contributed by atoms with E-state index in [1.54, 1.807) is 0 Å². The predicted octanol–water partition coefficient (Wildman–Crippen LogP) is 0.602. The van der Waals surface area contributed by atoms with Gasteiger partial charge in [0.1, 0.15) is 0 Å². The molecule has 0 unspecified atom stereocenters. The second-order valence-corrected chi connectivity index (χ2v) is 6.70. The third-order valence-electron chi connectivity index (χ3n) is 2.29. The first-order valence-electron chi connectivity index (χ1n) is 4.90. The molecule has 100 valence electrons. The van der Waals surface area contributed by atoms with Crippen LogP contribution in [-0.4, -0.2) is 49.1 Å². The summed E-state index contributed by atoms with van der Waals surface area (Å²) in [7, 11) is -2.44. The quantitative estimate of drug-likeness (QED) is 0.725. The van der Waals surface area contributed by atoms with Gasteiger partial charge in [-0.25, -0.2) is 13.2 Å². The monoisotopic (exact) mass is 385 g/mol. The van der Waals surface area contributed by atoms with Crippen LogP contribution in [0.5, 0.6) is 0 Å². The third kappa shape index (κ3) is 3.19. The van der Waals surface area contributed by atoms with E-state index in [0.29, 0.717) is 3.57 Å². The molecule has 0 aliphatic heterocycles. The molecule has 18 heavy (non-hydrogen) atoms. The summed E-state index contributed by atoms with van der Waals surface area (Å²) in [6, 6.07) is 3.90. The number of hydrogen-bond acceptors (Lipinski definition) is 4. The first kappa shape index (κ1) is 15.3. The smallest absolute Gasteiger partial charge is 0.336 e. The van der Waals surface area contributed by atoms with E-state index < -0.39 is 16.0 Å². The van der Waals surface area contributed by atoms with Crippen LogP contribution in [0.25, 0.3) is 0 Å². The number of carbonyl (C=O) groups is 1. The summed E-state index contributed by atoms with van der Waals surface area (Å²) in [6.45, 7) is -0.345. The molecule has 0 heterocycles. The van der Waals surface area contributed by atoms with Gasteiger partial charge >= 0.3 is 5.97 Å². The van der Waals surface area contributed by atoms with E-state index in [-0.39, 0.29) is 23.6 Å². The number of carboxylic acids is 1. The van der Waals surface area contributed by atoms with Crippen LogP contribution in [0, 0.1) is 3.57 Å². The summed E-state index contributed by atoms with van der Waals surface area (Å²) in [5, 5.41) is 17.7. The van der Waals surface area contributed by atoms with Gasteiger partial charge in [0, 0.05) is 17.2 Å². The van der Waals surface area contributed by atoms with E-state index >= 15 is 0 Å². The number of aromatic carboxylic acids is 1. The molecule has 1 aromatic carbocycles. The summed E-state index contributed by atoms with van der Waals surface area (Å²) >= 11 is 1.83. The van der Waals surface area contributed by atoms with Crippen LogP contribution in [0.1, 0.15) is 10.4 Å². The lowest BCUT2D eigenvalue weighted by Gasteiger charge is -2.16. The molecule has 0 aliphatic carbocycles. The molecular formula is C10H12INO5S. The van der Waals surface area contributed by atoms with Crippen LogP contribution in [0.2, 0.25) is 0 Å². The first-order chi connectivity index (χ1) is 8.30. The Kier molecular flexibility index (Phi) is 5.08. The number of halogens is 1. The lowest BCUT2D eigenvalue weighted by molar-refractivity contribution is 0.0695. The predicted molar refractivity (Wildman–Crippen MR) is 73.0 cm³/mol. The van der Waals surface area contributed by atoms with Gasteiger partial charge in [-0.15, -0.1) is 0 Å². The average Bonchev–Trinajstić information content (AvgIpc) is 2.29. The summed E-state index contributed by atoms with van der Waals surface area (Å²) < 4.78 is 25.5. The maximum absolute atomic E-state index is 12.0. The molecule has 0 aliphatic rings. The number of likely N-dealkylation sites (N-methyl/N-ethyl adjacent to an activating group) is 1. The highest BCUT2D eigenvalue weighted by Gasteiger charge is 2.22. The van der Waals surface area contributed by atoms with Gasteiger partial charge in [-0.2, -0.15) is 4.31 Å². The number of hydrogen-bond donors (Lipinski definition) is 2. The van der Waals surface area contributed by atoms with E-state index in [1.165, 1.54) is 19.2 Å². The second-order valence-electron chi connectivity index (χ2n) is 3.50. The zero-order valence-electron chi connectivity index (χ0n) is 9.50. The largest absolute Gasteiger partial charge is 0.478 e. The van der Waals surface area contributed by atoms with Crippen molar-refractivity contribution in [2.24, 2.45) is 0 Å². The molecule has 0 spiro atoms. The molecule has 8 heteroatoms. The van der Waals surface area contributed by atoms with Gasteiger partial charge in [0.05, 0.1) is 17.1 Å². The number of nitrogens with zero attached hydrogens (tertiary/aromatic N) is 1. The highest BCUT2D eigenvalue weighted by atomic mass is 127. The van der Waals surface area contributed by atoms with Crippen molar-refractivity contribution in [1.29, 1.82) is 0 Å². The van der Waals surface area contributed by atoms with Gasteiger partial charge in [0.2, 0.25) is 10.0 Å². The van der Waals surface area contributed by atoms with Gasteiger partial charge in [-0.05, 0) is 40.8 Å². The van der Waals surface area contributed by atoms with Crippen molar-refractivity contribution in [2.75, 3.05) is 20.2 Å². The standard InChI is InChI=1S/C10H12INO5S/c1-12(4-5-13)18(16,17)7-2-3-9(11)8(6-7)10(14)15/h2-3,6,13H,4-5H2,1H3,(H,14,15). The Hall–Kier alpha value is -0.710. The molecule has 0 radical (unpaired) electrons. The Morgan fingerprint density at radius 3 is 2.56 bits per heavy atom. The van der Waals surface area contributed by atoms with Crippen LogP contribution < -0.4 is 0 Å². The summed E-state index contributed by atoms with van der Waals surface area (Å²) in [5.41, 5.74) is -0.0610. The van der Waals surface area contributed by atoms with Crippen LogP contribution >= 0.6 is 22.6 Å². The fraction of sp³-hybridized carbons (Fsp3) is 0.300. The van der Waals surface area contributed by atoms with Gasteiger partial charge in [-0.3, -0.25) is 0 Å². The number of carboxylic acid groups (broad SMARTS) is 1. The van der Waals surface area contributed by atoms with Gasteiger partial charge in [0.15, 0.2) is 0 Å². The van der Waals surface area contributed by atoms with Gasteiger partial charge in [-0.1, -0.05) is 0 Å². The first-order valence-corrected chi connectivity index (χ1v) is 7.42. The van der Waals surface area contributed by atoms with Crippen LogP contribution in [0.15, 0.2) is 23.1 Å². The minimum absolute atomic E-state index is 0.0449.